The van der Waals surface area contributed by atoms with Crippen LogP contribution in [0.5, 0.6) is 0 Å². The predicted molar refractivity (Wildman–Crippen MR) is 112 cm³/mol. The largest absolute Gasteiger partial charge is 0.322 e. The van der Waals surface area contributed by atoms with Gasteiger partial charge in [-0.3, -0.25) is 19.7 Å². The van der Waals surface area contributed by atoms with E-state index in [0.29, 0.717) is 22.7 Å². The zero-order valence-electron chi connectivity index (χ0n) is 15.3. The fourth-order valence-corrected chi connectivity index (χ4v) is 4.01. The minimum absolute atomic E-state index is 0.0419. The maximum absolute atomic E-state index is 12.9. The predicted octanol–water partition coefficient (Wildman–Crippen LogP) is 4.50. The number of nitro benzene ring substituents is 1. The molecule has 8 heteroatoms. The van der Waals surface area contributed by atoms with Crippen molar-refractivity contribution in [3.05, 3.63) is 86.1 Å². The molecule has 4 rings (SSSR count). The van der Waals surface area contributed by atoms with Crippen molar-refractivity contribution in [3.63, 3.8) is 0 Å². The summed E-state index contributed by atoms with van der Waals surface area (Å²) >= 11 is 1.41. The Morgan fingerprint density at radius 2 is 1.90 bits per heavy atom. The molecule has 2 amide bonds. The van der Waals surface area contributed by atoms with E-state index in [-0.39, 0.29) is 17.5 Å². The molecule has 1 aliphatic rings. The van der Waals surface area contributed by atoms with Gasteiger partial charge in [0.05, 0.1) is 9.80 Å². The van der Waals surface area contributed by atoms with Crippen LogP contribution in [-0.2, 0) is 6.42 Å². The van der Waals surface area contributed by atoms with E-state index in [1.165, 1.54) is 35.6 Å². The summed E-state index contributed by atoms with van der Waals surface area (Å²) in [5.74, 6) is -0.411. The molecule has 7 nitrogen and oxygen atoms in total. The summed E-state index contributed by atoms with van der Waals surface area (Å²) in [4.78, 5) is 38.0. The van der Waals surface area contributed by atoms with Gasteiger partial charge in [-0.25, -0.2) is 0 Å². The van der Waals surface area contributed by atoms with Gasteiger partial charge in [0.25, 0.3) is 17.5 Å². The van der Waals surface area contributed by atoms with Gasteiger partial charge in [0, 0.05) is 35.6 Å². The smallest absolute Gasteiger partial charge is 0.269 e. The fraction of sp³-hybridized carbons (Fsp3) is 0.143. The molecule has 0 atom stereocenters. The van der Waals surface area contributed by atoms with Crippen LogP contribution >= 0.6 is 11.3 Å². The first-order chi connectivity index (χ1) is 14.0. The fourth-order valence-electron chi connectivity index (χ4n) is 3.33. The molecule has 0 fully saturated rings. The molecule has 0 saturated carbocycles. The molecular formula is C21H17N3O4S. The first-order valence-electron chi connectivity index (χ1n) is 9.07. The van der Waals surface area contributed by atoms with Crippen molar-refractivity contribution in [3.8, 4) is 0 Å². The van der Waals surface area contributed by atoms with Gasteiger partial charge in [-0.05, 0) is 54.1 Å². The van der Waals surface area contributed by atoms with Gasteiger partial charge >= 0.3 is 0 Å². The third-order valence-corrected chi connectivity index (χ3v) is 5.64. The van der Waals surface area contributed by atoms with Crippen LogP contribution in [0.15, 0.2) is 60.0 Å². The number of nitrogens with zero attached hydrogens (tertiary/aromatic N) is 2. The van der Waals surface area contributed by atoms with E-state index in [1.54, 1.807) is 11.0 Å². The second-order valence-electron chi connectivity index (χ2n) is 6.64. The number of hydrogen-bond donors (Lipinski definition) is 1. The lowest BCUT2D eigenvalue weighted by Gasteiger charge is -2.29. The van der Waals surface area contributed by atoms with Gasteiger partial charge < -0.3 is 10.2 Å². The molecule has 29 heavy (non-hydrogen) atoms. The van der Waals surface area contributed by atoms with Crippen molar-refractivity contribution >= 4 is 40.2 Å². The number of carbonyl (C=O) groups excluding carboxylic acids is 2. The van der Waals surface area contributed by atoms with Gasteiger partial charge in [0.15, 0.2) is 0 Å². The van der Waals surface area contributed by atoms with Crippen molar-refractivity contribution in [2.24, 2.45) is 0 Å². The first kappa shape index (κ1) is 18.8. The van der Waals surface area contributed by atoms with Crippen LogP contribution in [0.1, 0.15) is 32.0 Å². The van der Waals surface area contributed by atoms with E-state index >= 15 is 0 Å². The molecule has 2 heterocycles. The molecule has 146 valence electrons. The van der Waals surface area contributed by atoms with Crippen molar-refractivity contribution in [1.82, 2.24) is 0 Å². The summed E-state index contributed by atoms with van der Waals surface area (Å²) in [6.07, 6.45) is 1.76. The number of rotatable bonds is 4. The van der Waals surface area contributed by atoms with E-state index in [2.05, 4.69) is 5.32 Å². The average Bonchev–Trinajstić information content (AvgIpc) is 3.27. The quantitative estimate of drug-likeness (QED) is 0.509. The first-order valence-corrected chi connectivity index (χ1v) is 9.95. The maximum Gasteiger partial charge on any atom is 0.269 e. The van der Waals surface area contributed by atoms with Gasteiger partial charge in [0.2, 0.25) is 0 Å². The molecule has 0 spiro atoms. The molecule has 0 unspecified atom stereocenters. The molecule has 0 radical (unpaired) electrons. The molecule has 0 saturated heterocycles. The normalized spacial score (nSPS) is 12.9. The highest BCUT2D eigenvalue weighted by atomic mass is 32.1. The zero-order valence-corrected chi connectivity index (χ0v) is 16.1. The van der Waals surface area contributed by atoms with Crippen LogP contribution in [0.2, 0.25) is 0 Å². The molecule has 3 aromatic rings. The Bertz CT molecular complexity index is 1080. The molecule has 1 aliphatic heterocycles. The van der Waals surface area contributed by atoms with Crippen LogP contribution in [0.25, 0.3) is 0 Å². The number of non-ortho nitro benzene ring substituents is 1. The number of nitro groups is 1. The molecule has 2 aromatic carbocycles. The van der Waals surface area contributed by atoms with Crippen LogP contribution < -0.4 is 10.2 Å². The monoisotopic (exact) mass is 407 g/mol. The lowest BCUT2D eigenvalue weighted by molar-refractivity contribution is -0.384. The summed E-state index contributed by atoms with van der Waals surface area (Å²) in [5.41, 5.74) is 2.68. The van der Waals surface area contributed by atoms with Crippen molar-refractivity contribution in [1.29, 1.82) is 0 Å². The van der Waals surface area contributed by atoms with E-state index in [0.717, 1.165) is 24.1 Å². The number of nitrogens with one attached hydrogen (secondary N) is 1. The zero-order chi connectivity index (χ0) is 20.4. The molecule has 1 N–H and O–H groups in total. The topological polar surface area (TPSA) is 92.6 Å². The minimum Gasteiger partial charge on any atom is -0.322 e. The van der Waals surface area contributed by atoms with Gasteiger partial charge in [0.1, 0.15) is 0 Å². The number of benzene rings is 2. The van der Waals surface area contributed by atoms with Gasteiger partial charge in [-0.15, -0.1) is 11.3 Å². The molecule has 1 aromatic heterocycles. The summed E-state index contributed by atoms with van der Waals surface area (Å²) in [5, 5.41) is 15.4. The molecule has 0 bridgehead atoms. The second-order valence-corrected chi connectivity index (χ2v) is 7.59. The SMILES string of the molecule is O=C(Nc1ccc2c(c1)N(C(=O)c1cccs1)CCC2)c1ccc([N+](=O)[O-])cc1. The highest BCUT2D eigenvalue weighted by Crippen LogP contribution is 2.32. The average molecular weight is 407 g/mol. The third-order valence-electron chi connectivity index (χ3n) is 4.78. The lowest BCUT2D eigenvalue weighted by atomic mass is 10.0. The lowest BCUT2D eigenvalue weighted by Crippen LogP contribution is -2.35. The number of hydrogen-bond acceptors (Lipinski definition) is 5. The van der Waals surface area contributed by atoms with Crippen LogP contribution in [0, 0.1) is 10.1 Å². The van der Waals surface area contributed by atoms with E-state index in [4.69, 9.17) is 0 Å². The second kappa shape index (κ2) is 7.84. The summed E-state index contributed by atoms with van der Waals surface area (Å²) in [6.45, 7) is 0.628. The Labute approximate surface area is 170 Å². The minimum atomic E-state index is -0.510. The Kier molecular flexibility index (Phi) is 5.09. The summed E-state index contributed by atoms with van der Waals surface area (Å²) < 4.78 is 0. The standard InChI is InChI=1S/C21H17N3O4S/c25-20(15-6-9-17(10-7-15)24(27)28)22-16-8-5-14-3-1-11-23(18(14)13-16)21(26)19-4-2-12-29-19/h2,4-10,12-13H,1,3,11H2,(H,22,25). The Morgan fingerprint density at radius 1 is 1.10 bits per heavy atom. The maximum atomic E-state index is 12.9. The number of carbonyl (C=O) groups is 2. The van der Waals surface area contributed by atoms with Crippen molar-refractivity contribution in [2.45, 2.75) is 12.8 Å². The number of fused-ring (bicyclic) bond motifs is 1. The highest BCUT2D eigenvalue weighted by molar-refractivity contribution is 7.12. The number of thiophene rings is 1. The van der Waals surface area contributed by atoms with E-state index < -0.39 is 4.92 Å². The summed E-state index contributed by atoms with van der Waals surface area (Å²) in [7, 11) is 0. The number of anilines is 2. The summed E-state index contributed by atoms with van der Waals surface area (Å²) in [6, 6.07) is 14.6. The van der Waals surface area contributed by atoms with Crippen molar-refractivity contribution in [2.75, 3.05) is 16.8 Å². The Morgan fingerprint density at radius 3 is 2.59 bits per heavy atom. The highest BCUT2D eigenvalue weighted by Gasteiger charge is 2.24. The van der Waals surface area contributed by atoms with Crippen molar-refractivity contribution < 1.29 is 14.5 Å². The Balaban J connectivity index is 1.57. The molecular weight excluding hydrogens is 390 g/mol. The van der Waals surface area contributed by atoms with Gasteiger partial charge in [-0.2, -0.15) is 0 Å². The van der Waals surface area contributed by atoms with Crippen LogP contribution in [-0.4, -0.2) is 23.3 Å². The van der Waals surface area contributed by atoms with E-state index in [1.807, 2.05) is 29.6 Å². The van der Waals surface area contributed by atoms with E-state index in [9.17, 15) is 19.7 Å². The third kappa shape index (κ3) is 3.88. The Hall–Kier alpha value is -3.52. The number of aryl methyl sites for hydroxylation is 1. The number of amides is 2. The van der Waals surface area contributed by atoms with Crippen LogP contribution in [0.3, 0.4) is 0 Å². The molecule has 0 aliphatic carbocycles. The van der Waals surface area contributed by atoms with Crippen LogP contribution in [0.4, 0.5) is 17.1 Å². The van der Waals surface area contributed by atoms with Gasteiger partial charge in [-0.1, -0.05) is 12.1 Å².